The summed E-state index contributed by atoms with van der Waals surface area (Å²) in [5.41, 5.74) is 0.748. The van der Waals surface area contributed by atoms with E-state index in [1.54, 1.807) is 24.3 Å². The fraction of sp³-hybridized carbons (Fsp3) is 0.500. The van der Waals surface area contributed by atoms with Crippen LogP contribution >= 0.6 is 0 Å². The summed E-state index contributed by atoms with van der Waals surface area (Å²) in [6, 6.07) is 6.54. The molecule has 1 heterocycles. The van der Waals surface area contributed by atoms with Crippen molar-refractivity contribution in [3.8, 4) is 5.75 Å². The van der Waals surface area contributed by atoms with Gasteiger partial charge in [-0.15, -0.1) is 0 Å². The smallest absolute Gasteiger partial charge is 0.312 e. The lowest BCUT2D eigenvalue weighted by atomic mass is 9.81. The van der Waals surface area contributed by atoms with Crippen molar-refractivity contribution in [1.29, 1.82) is 0 Å². The van der Waals surface area contributed by atoms with E-state index in [2.05, 4.69) is 4.74 Å². The number of fused-ring (bicyclic) bond motifs is 1. The summed E-state index contributed by atoms with van der Waals surface area (Å²) in [6.45, 7) is 0.0594. The summed E-state index contributed by atoms with van der Waals surface area (Å²) < 4.78 is 9.84. The molecule has 1 aliphatic heterocycles. The first kappa shape index (κ1) is 19.1. The number of ether oxygens (including phenoxy) is 2. The molecule has 0 bridgehead atoms. The van der Waals surface area contributed by atoms with Gasteiger partial charge in [0.05, 0.1) is 31.8 Å². The first-order valence-electron chi connectivity index (χ1n) is 9.21. The predicted molar refractivity (Wildman–Crippen MR) is 94.6 cm³/mol. The maximum atomic E-state index is 12.4. The molecule has 0 radical (unpaired) electrons. The van der Waals surface area contributed by atoms with Gasteiger partial charge in [0, 0.05) is 6.54 Å². The Bertz CT molecular complexity index is 717. The Balaban J connectivity index is 1.50. The maximum Gasteiger partial charge on any atom is 0.312 e. The number of amides is 2. The Labute approximate surface area is 157 Å². The first-order chi connectivity index (χ1) is 13.0. The minimum atomic E-state index is -0.508. The molecule has 0 spiro atoms. The van der Waals surface area contributed by atoms with Gasteiger partial charge >= 0.3 is 11.9 Å². The highest BCUT2D eigenvalue weighted by Gasteiger charge is 2.47. The molecule has 0 aromatic heterocycles. The van der Waals surface area contributed by atoms with Crippen LogP contribution in [0.4, 0.5) is 0 Å². The Hall–Kier alpha value is -2.70. The number of benzene rings is 1. The maximum absolute atomic E-state index is 12.4. The van der Waals surface area contributed by atoms with E-state index in [0.29, 0.717) is 5.75 Å². The van der Waals surface area contributed by atoms with E-state index in [9.17, 15) is 19.2 Å². The molecule has 2 fully saturated rings. The van der Waals surface area contributed by atoms with Crippen LogP contribution in [0.15, 0.2) is 24.3 Å². The van der Waals surface area contributed by atoms with Crippen LogP contribution in [-0.2, 0) is 30.3 Å². The summed E-state index contributed by atoms with van der Waals surface area (Å²) in [6.07, 6.45) is 3.57. The van der Waals surface area contributed by atoms with Gasteiger partial charge in [-0.25, -0.2) is 0 Å². The highest BCUT2D eigenvalue weighted by atomic mass is 16.5. The minimum Gasteiger partial charge on any atom is -0.469 e. The van der Waals surface area contributed by atoms with Gasteiger partial charge in [-0.3, -0.25) is 24.1 Å². The van der Waals surface area contributed by atoms with Crippen molar-refractivity contribution in [3.63, 3.8) is 0 Å². The molecule has 7 nitrogen and oxygen atoms in total. The number of imide groups is 1. The average molecular weight is 373 g/mol. The van der Waals surface area contributed by atoms with Gasteiger partial charge in [-0.2, -0.15) is 0 Å². The van der Waals surface area contributed by atoms with Crippen molar-refractivity contribution in [2.24, 2.45) is 11.8 Å². The molecule has 0 N–H and O–H groups in total. The van der Waals surface area contributed by atoms with E-state index in [-0.39, 0.29) is 49.0 Å². The van der Waals surface area contributed by atoms with Crippen molar-refractivity contribution in [2.75, 3.05) is 13.7 Å². The van der Waals surface area contributed by atoms with Gasteiger partial charge in [-0.05, 0) is 30.5 Å². The van der Waals surface area contributed by atoms with Gasteiger partial charge < -0.3 is 9.47 Å². The van der Waals surface area contributed by atoms with E-state index in [1.807, 2.05) is 0 Å². The number of rotatable bonds is 6. The van der Waals surface area contributed by atoms with Crippen molar-refractivity contribution in [3.05, 3.63) is 29.8 Å². The van der Waals surface area contributed by atoms with Crippen molar-refractivity contribution < 1.29 is 28.7 Å². The molecule has 1 aromatic carbocycles. The molecule has 144 valence electrons. The Morgan fingerprint density at radius 2 is 1.59 bits per heavy atom. The monoisotopic (exact) mass is 373 g/mol. The molecular weight excluding hydrogens is 350 g/mol. The Morgan fingerprint density at radius 1 is 1.00 bits per heavy atom. The number of esters is 2. The van der Waals surface area contributed by atoms with Crippen LogP contribution in [0.1, 0.15) is 37.7 Å². The average Bonchev–Trinajstić information content (AvgIpc) is 2.92. The van der Waals surface area contributed by atoms with Crippen molar-refractivity contribution in [1.82, 2.24) is 4.90 Å². The molecule has 2 amide bonds. The second kappa shape index (κ2) is 8.33. The molecule has 2 atom stereocenters. The van der Waals surface area contributed by atoms with E-state index >= 15 is 0 Å². The van der Waals surface area contributed by atoms with Gasteiger partial charge in [0.1, 0.15) is 5.75 Å². The van der Waals surface area contributed by atoms with Crippen molar-refractivity contribution in [2.45, 2.75) is 38.5 Å². The van der Waals surface area contributed by atoms with Crippen LogP contribution in [0.25, 0.3) is 0 Å². The van der Waals surface area contributed by atoms with E-state index < -0.39 is 5.97 Å². The number of hydrogen-bond donors (Lipinski definition) is 0. The molecule has 1 saturated carbocycles. The molecule has 1 aromatic rings. The zero-order chi connectivity index (χ0) is 19.4. The topological polar surface area (TPSA) is 90.0 Å². The zero-order valence-corrected chi connectivity index (χ0v) is 15.3. The normalized spacial score (nSPS) is 21.7. The zero-order valence-electron chi connectivity index (χ0n) is 15.3. The van der Waals surface area contributed by atoms with Gasteiger partial charge in [0.15, 0.2) is 0 Å². The Morgan fingerprint density at radius 3 is 2.15 bits per heavy atom. The fourth-order valence-corrected chi connectivity index (χ4v) is 3.75. The number of methoxy groups -OCH3 is 1. The molecule has 1 saturated heterocycles. The number of likely N-dealkylation sites (tertiary alicyclic amines) is 1. The lowest BCUT2D eigenvalue weighted by Gasteiger charge is -2.19. The van der Waals surface area contributed by atoms with Gasteiger partial charge in [-0.1, -0.05) is 25.0 Å². The molecule has 3 rings (SSSR count). The summed E-state index contributed by atoms with van der Waals surface area (Å²) in [7, 11) is 1.32. The van der Waals surface area contributed by atoms with Crippen molar-refractivity contribution >= 4 is 23.8 Å². The van der Waals surface area contributed by atoms with Crippen LogP contribution in [0.3, 0.4) is 0 Å². The highest BCUT2D eigenvalue weighted by Crippen LogP contribution is 2.37. The van der Waals surface area contributed by atoms with Crippen LogP contribution < -0.4 is 4.74 Å². The predicted octanol–water partition coefficient (Wildman–Crippen LogP) is 1.87. The van der Waals surface area contributed by atoms with Gasteiger partial charge in [0.2, 0.25) is 11.8 Å². The van der Waals surface area contributed by atoms with Crippen LogP contribution in [0.2, 0.25) is 0 Å². The second-order valence-corrected chi connectivity index (χ2v) is 6.95. The largest absolute Gasteiger partial charge is 0.469 e. The third-order valence-corrected chi connectivity index (χ3v) is 5.20. The molecule has 2 aliphatic rings. The third kappa shape index (κ3) is 4.35. The quantitative estimate of drug-likeness (QED) is 0.430. The summed E-state index contributed by atoms with van der Waals surface area (Å²) in [4.78, 5) is 49.3. The molecular formula is C20H23NO6. The summed E-state index contributed by atoms with van der Waals surface area (Å²) in [5.74, 6) is -1.21. The van der Waals surface area contributed by atoms with Crippen LogP contribution in [0, 0.1) is 11.8 Å². The standard InChI is InChI=1S/C20H23NO6/c1-26-18(23)12-13-6-8-14(9-7-13)27-17(22)10-11-21-19(24)15-4-2-3-5-16(15)20(21)25/h6-9,15-16H,2-5,10-12H2,1H3/t15-,16-/m0/s1. The SMILES string of the molecule is COC(=O)Cc1ccc(OC(=O)CCN2C(=O)[C@H]3CCCC[C@@H]3C2=O)cc1. The van der Waals surface area contributed by atoms with E-state index in [0.717, 1.165) is 31.2 Å². The summed E-state index contributed by atoms with van der Waals surface area (Å²) in [5, 5.41) is 0. The third-order valence-electron chi connectivity index (χ3n) is 5.20. The van der Waals surface area contributed by atoms with E-state index in [1.165, 1.54) is 12.0 Å². The molecule has 1 aliphatic carbocycles. The lowest BCUT2D eigenvalue weighted by Crippen LogP contribution is -2.33. The fourth-order valence-electron chi connectivity index (χ4n) is 3.75. The van der Waals surface area contributed by atoms with Gasteiger partial charge in [0.25, 0.3) is 0 Å². The first-order valence-corrected chi connectivity index (χ1v) is 9.21. The van der Waals surface area contributed by atoms with Crippen LogP contribution in [-0.4, -0.2) is 42.3 Å². The Kier molecular flexibility index (Phi) is 5.88. The number of carbonyl (C=O) groups is 4. The molecule has 0 unspecified atom stereocenters. The van der Waals surface area contributed by atoms with E-state index in [4.69, 9.17) is 4.74 Å². The number of hydrogen-bond acceptors (Lipinski definition) is 6. The molecule has 7 heteroatoms. The minimum absolute atomic E-state index is 0.0408. The second-order valence-electron chi connectivity index (χ2n) is 6.95. The van der Waals surface area contributed by atoms with Crippen LogP contribution in [0.5, 0.6) is 5.75 Å². The highest BCUT2D eigenvalue weighted by molar-refractivity contribution is 6.05. The molecule has 27 heavy (non-hydrogen) atoms. The summed E-state index contributed by atoms with van der Waals surface area (Å²) >= 11 is 0. The number of nitrogens with zero attached hydrogens (tertiary/aromatic N) is 1. The lowest BCUT2D eigenvalue weighted by molar-refractivity contribution is -0.142. The number of carbonyl (C=O) groups excluding carboxylic acids is 4.